The molecular weight excluding hydrogens is 611 g/mol. The molecule has 1 fully saturated rings. The van der Waals surface area contributed by atoms with Crippen molar-refractivity contribution in [1.29, 1.82) is 0 Å². The molecule has 248 valence electrons. The Hall–Kier alpha value is -4.63. The van der Waals surface area contributed by atoms with E-state index >= 15 is 0 Å². The number of hydrogen-bond acceptors (Lipinski definition) is 7. The van der Waals surface area contributed by atoms with Crippen LogP contribution in [0.3, 0.4) is 0 Å². The van der Waals surface area contributed by atoms with Crippen LogP contribution in [-0.4, -0.2) is 42.7 Å². The predicted octanol–water partition coefficient (Wildman–Crippen LogP) is 8.56. The summed E-state index contributed by atoms with van der Waals surface area (Å²) in [6.07, 6.45) is 0. The molecule has 1 aliphatic rings. The number of hydrogen-bond donors (Lipinski definition) is 0. The first-order valence-electron chi connectivity index (χ1n) is 15.7. The second-order valence-corrected chi connectivity index (χ2v) is 17.9. The van der Waals surface area contributed by atoms with E-state index in [1.54, 1.807) is 45.5 Å². The first-order valence-corrected chi connectivity index (χ1v) is 18.6. The van der Waals surface area contributed by atoms with Gasteiger partial charge in [0.15, 0.2) is 17.2 Å². The third kappa shape index (κ3) is 6.76. The fraction of sp³-hybridized carbons (Fsp3) is 0.342. The van der Waals surface area contributed by atoms with Crippen molar-refractivity contribution in [2.75, 3.05) is 33.3 Å². The Morgan fingerprint density at radius 2 is 1.30 bits per heavy atom. The van der Waals surface area contributed by atoms with Crippen molar-refractivity contribution in [2.24, 2.45) is 0 Å². The third-order valence-electron chi connectivity index (χ3n) is 9.21. The zero-order valence-electron chi connectivity index (χ0n) is 28.7. The van der Waals surface area contributed by atoms with Crippen molar-refractivity contribution in [3.8, 4) is 34.5 Å². The minimum atomic E-state index is -2.21. The first-order chi connectivity index (χ1) is 22.4. The number of anilines is 1. The van der Waals surface area contributed by atoms with Gasteiger partial charge in [0.2, 0.25) is 11.7 Å². The number of β-lactam (4-membered cyclic amide) rings is 1. The molecule has 2 atom stereocenters. The van der Waals surface area contributed by atoms with Gasteiger partial charge < -0.3 is 33.0 Å². The van der Waals surface area contributed by atoms with Gasteiger partial charge in [-0.15, -0.1) is 0 Å². The molecule has 1 amide bonds. The van der Waals surface area contributed by atoms with Gasteiger partial charge in [-0.05, 0) is 59.1 Å². The normalized spacial score (nSPS) is 16.3. The van der Waals surface area contributed by atoms with Crippen LogP contribution in [0.5, 0.6) is 34.5 Å². The Balaban J connectivity index is 1.55. The van der Waals surface area contributed by atoms with Crippen molar-refractivity contribution < 1.29 is 32.9 Å². The Kier molecular flexibility index (Phi) is 9.77. The van der Waals surface area contributed by atoms with Gasteiger partial charge in [-0.1, -0.05) is 69.3 Å². The maximum Gasteiger partial charge on any atom is 0.250 e. The third-order valence-corrected chi connectivity index (χ3v) is 13.6. The van der Waals surface area contributed by atoms with Crippen LogP contribution in [0.2, 0.25) is 18.1 Å². The van der Waals surface area contributed by atoms with Gasteiger partial charge >= 0.3 is 0 Å². The molecule has 4 aromatic rings. The van der Waals surface area contributed by atoms with Crippen LogP contribution in [0.15, 0.2) is 84.9 Å². The molecule has 8 nitrogen and oxygen atoms in total. The van der Waals surface area contributed by atoms with Crippen molar-refractivity contribution in [3.63, 3.8) is 0 Å². The van der Waals surface area contributed by atoms with Gasteiger partial charge in [0.1, 0.15) is 18.1 Å². The average Bonchev–Trinajstić information content (AvgIpc) is 3.06. The summed E-state index contributed by atoms with van der Waals surface area (Å²) < 4.78 is 35.4. The number of carbonyl (C=O) groups is 1. The highest BCUT2D eigenvalue weighted by atomic mass is 28.4. The Morgan fingerprint density at radius 1 is 0.702 bits per heavy atom. The number of methoxy groups -OCH3 is 4. The van der Waals surface area contributed by atoms with E-state index in [-0.39, 0.29) is 17.0 Å². The molecule has 9 heteroatoms. The summed E-state index contributed by atoms with van der Waals surface area (Å²) in [6.45, 7) is 11.5. The predicted molar refractivity (Wildman–Crippen MR) is 187 cm³/mol. The molecule has 0 bridgehead atoms. The van der Waals surface area contributed by atoms with Crippen LogP contribution in [0, 0.1) is 0 Å². The van der Waals surface area contributed by atoms with Crippen LogP contribution >= 0.6 is 0 Å². The van der Waals surface area contributed by atoms with Crippen molar-refractivity contribution in [3.05, 3.63) is 102 Å². The monoisotopic (exact) mass is 655 g/mol. The van der Waals surface area contributed by atoms with Gasteiger partial charge in [-0.2, -0.15) is 0 Å². The van der Waals surface area contributed by atoms with Gasteiger partial charge in [-0.25, -0.2) is 0 Å². The molecule has 1 heterocycles. The molecule has 1 aliphatic heterocycles. The molecule has 4 aromatic carbocycles. The van der Waals surface area contributed by atoms with E-state index in [2.05, 4.69) is 33.9 Å². The lowest BCUT2D eigenvalue weighted by atomic mass is 9.77. The van der Waals surface area contributed by atoms with Gasteiger partial charge in [0.25, 0.3) is 8.32 Å². The van der Waals surface area contributed by atoms with Crippen LogP contribution < -0.4 is 33.0 Å². The summed E-state index contributed by atoms with van der Waals surface area (Å²) in [5, 5.41) is -0.0183. The lowest BCUT2D eigenvalue weighted by molar-refractivity contribution is -0.126. The number of amides is 1. The van der Waals surface area contributed by atoms with E-state index in [0.717, 1.165) is 22.4 Å². The fourth-order valence-corrected chi connectivity index (χ4v) is 6.56. The zero-order chi connectivity index (χ0) is 33.9. The summed E-state index contributed by atoms with van der Waals surface area (Å²) in [6, 6.07) is 27.0. The van der Waals surface area contributed by atoms with E-state index in [0.29, 0.717) is 41.0 Å². The summed E-state index contributed by atoms with van der Waals surface area (Å²) in [7, 11) is 4.12. The molecule has 0 unspecified atom stereocenters. The number of nitrogens with zero attached hydrogens (tertiary/aromatic N) is 1. The van der Waals surface area contributed by atoms with Crippen LogP contribution in [0.25, 0.3) is 0 Å². The molecular formula is C38H45NO7Si. The minimum Gasteiger partial charge on any atom is -0.541 e. The molecule has 0 aliphatic carbocycles. The summed E-state index contributed by atoms with van der Waals surface area (Å²) >= 11 is 0. The average molecular weight is 656 g/mol. The summed E-state index contributed by atoms with van der Waals surface area (Å²) in [4.78, 5) is 16.0. The number of ether oxygens (including phenoxy) is 5. The van der Waals surface area contributed by atoms with Crippen molar-refractivity contribution in [2.45, 2.75) is 57.5 Å². The maximum atomic E-state index is 14.2. The molecule has 5 rings (SSSR count). The molecule has 0 aromatic heterocycles. The number of rotatable bonds is 12. The van der Waals surface area contributed by atoms with E-state index < -0.39 is 14.2 Å². The second kappa shape index (κ2) is 13.6. The molecule has 0 radical (unpaired) electrons. The van der Waals surface area contributed by atoms with E-state index in [4.69, 9.17) is 28.1 Å². The maximum absolute atomic E-state index is 14.2. The SMILES string of the molecule is COc1ccc([C@@H]2[C@@H](c3ccc(OCc4ccccc4)cc3)C(=O)N2c2cc(OC)c(OC)c(OC)c2)cc1O[Si](C)(C)C(C)(C)C. The summed E-state index contributed by atoms with van der Waals surface area (Å²) in [5.41, 5.74) is 3.53. The Labute approximate surface area is 279 Å². The Morgan fingerprint density at radius 3 is 1.85 bits per heavy atom. The molecule has 1 saturated heterocycles. The van der Waals surface area contributed by atoms with Crippen molar-refractivity contribution >= 4 is 19.9 Å². The second-order valence-electron chi connectivity index (χ2n) is 13.1. The minimum absolute atomic E-state index is 0.0183. The zero-order valence-corrected chi connectivity index (χ0v) is 29.7. The van der Waals surface area contributed by atoms with Gasteiger partial charge in [-0.3, -0.25) is 4.79 Å². The highest BCUT2D eigenvalue weighted by Crippen LogP contribution is 2.53. The lowest BCUT2D eigenvalue weighted by Gasteiger charge is -2.48. The van der Waals surface area contributed by atoms with Gasteiger partial charge in [0, 0.05) is 12.1 Å². The van der Waals surface area contributed by atoms with Crippen LogP contribution in [-0.2, 0) is 11.4 Å². The van der Waals surface area contributed by atoms with E-state index in [9.17, 15) is 4.79 Å². The van der Waals surface area contributed by atoms with Crippen LogP contribution in [0.1, 0.15) is 49.4 Å². The quantitative estimate of drug-likeness (QED) is 0.112. The molecule has 0 spiro atoms. The van der Waals surface area contributed by atoms with Gasteiger partial charge in [0.05, 0.1) is 46.1 Å². The standard InChI is InChI=1S/C38H45NO7Si/c1-38(2,3)47(8,9)46-31-21-27(17-20-30(31)41-4)35-34(26-15-18-29(19-16-26)45-24-25-13-11-10-12-14-25)37(40)39(35)28-22-32(42-5)36(44-7)33(23-28)43-6/h10-23,34-35H,24H2,1-9H3/t34-,35-/m1/s1. The summed E-state index contributed by atoms with van der Waals surface area (Å²) in [5.74, 6) is 2.94. The molecule has 0 saturated carbocycles. The van der Waals surface area contributed by atoms with Crippen molar-refractivity contribution in [1.82, 2.24) is 0 Å². The number of benzene rings is 4. The Bertz CT molecular complexity index is 1670. The smallest absolute Gasteiger partial charge is 0.250 e. The van der Waals surface area contributed by atoms with Crippen LogP contribution in [0.4, 0.5) is 5.69 Å². The first kappa shape index (κ1) is 33.7. The largest absolute Gasteiger partial charge is 0.541 e. The highest BCUT2D eigenvalue weighted by Gasteiger charge is 2.50. The fourth-order valence-electron chi connectivity index (χ4n) is 5.55. The highest BCUT2D eigenvalue weighted by molar-refractivity contribution is 6.74. The van der Waals surface area contributed by atoms with E-state index in [1.807, 2.05) is 72.8 Å². The number of carbonyl (C=O) groups excluding carboxylic acids is 1. The van der Waals surface area contributed by atoms with E-state index in [1.165, 1.54) is 0 Å². The topological polar surface area (TPSA) is 75.7 Å². The molecule has 47 heavy (non-hydrogen) atoms. The lowest BCUT2D eigenvalue weighted by Crippen LogP contribution is -2.53. The molecule has 0 N–H and O–H groups in total.